The van der Waals surface area contributed by atoms with Crippen molar-refractivity contribution in [3.05, 3.63) is 33.1 Å². The number of aromatic nitrogens is 2. The van der Waals surface area contributed by atoms with E-state index in [1.807, 2.05) is 4.98 Å². The molecule has 1 aromatic rings. The normalized spacial score (nSPS) is 26.4. The minimum absolute atomic E-state index is 0.00550. The smallest absolute Gasteiger partial charge is 0.390 e. The number of H-pyrrole nitrogens is 1. The average molecular weight is 524 g/mol. The number of aliphatic hydroxyl groups excluding tert-OH is 1. The Bertz CT molecular complexity index is 1050. The van der Waals surface area contributed by atoms with Gasteiger partial charge in [0.15, 0.2) is 0 Å². The maximum absolute atomic E-state index is 12.2. The molecule has 0 amide bonds. The van der Waals surface area contributed by atoms with E-state index in [2.05, 4.69) is 8.62 Å². The van der Waals surface area contributed by atoms with E-state index in [1.54, 1.807) is 6.92 Å². The van der Waals surface area contributed by atoms with Crippen LogP contribution in [0.4, 0.5) is 0 Å². The fraction of sp³-hybridized carbons (Fsp3) is 0.692. The van der Waals surface area contributed by atoms with Crippen LogP contribution in [0.3, 0.4) is 0 Å². The Morgan fingerprint density at radius 2 is 1.84 bits per heavy atom. The summed E-state index contributed by atoms with van der Waals surface area (Å²) < 4.78 is 53.3. The standard InChI is InChI=1S/C13H23N2O14P3/c1-2-3-4-9(27-31(22,23)29-32(24,25)28-30(19,20)21)12-8(16)7-11(26-12)15-6-5-10(17)14-13(15)18/h5-6,8-9,11-12,16H,2-4,7H2,1H3,(H,22,23)(H,24,25)(H,14,17,18)(H2,19,20,21)/t8-,9?,11+,12-/m0/s1. The zero-order chi connectivity index (χ0) is 24.3. The number of phosphoric acid groups is 3. The Hall–Kier alpha value is -0.990. The quantitative estimate of drug-likeness (QED) is 0.210. The maximum atomic E-state index is 12.2. The third kappa shape index (κ3) is 8.10. The van der Waals surface area contributed by atoms with E-state index in [0.29, 0.717) is 12.8 Å². The minimum Gasteiger partial charge on any atom is -0.390 e. The van der Waals surface area contributed by atoms with Crippen molar-refractivity contribution >= 4 is 23.5 Å². The molecule has 1 saturated heterocycles. The highest BCUT2D eigenvalue weighted by atomic mass is 31.3. The zero-order valence-electron chi connectivity index (χ0n) is 16.5. The second-order valence-electron chi connectivity index (χ2n) is 6.75. The number of nitrogens with zero attached hydrogens (tertiary/aromatic N) is 1. The number of unbranched alkanes of at least 4 members (excludes halogenated alkanes) is 1. The molecule has 2 heterocycles. The van der Waals surface area contributed by atoms with Crippen LogP contribution in [0.1, 0.15) is 38.8 Å². The molecule has 2 rings (SSSR count). The molecule has 6 atom stereocenters. The van der Waals surface area contributed by atoms with Crippen molar-refractivity contribution in [2.45, 2.75) is 57.1 Å². The van der Waals surface area contributed by atoms with Gasteiger partial charge in [0.25, 0.3) is 5.56 Å². The first-order valence-corrected chi connectivity index (χ1v) is 13.6. The van der Waals surface area contributed by atoms with Crippen molar-refractivity contribution in [3.63, 3.8) is 0 Å². The van der Waals surface area contributed by atoms with Gasteiger partial charge in [-0.05, 0) is 6.42 Å². The predicted octanol–water partition coefficient (Wildman–Crippen LogP) is 0.0871. The third-order valence-electron chi connectivity index (χ3n) is 4.19. The molecule has 1 aliphatic heterocycles. The second kappa shape index (κ2) is 10.5. The second-order valence-corrected chi connectivity index (χ2v) is 11.1. The molecule has 16 nitrogen and oxygen atoms in total. The number of rotatable bonds is 11. The van der Waals surface area contributed by atoms with E-state index in [9.17, 15) is 38.2 Å². The summed E-state index contributed by atoms with van der Waals surface area (Å²) in [5.74, 6) is 0. The van der Waals surface area contributed by atoms with Crippen molar-refractivity contribution in [2.75, 3.05) is 0 Å². The highest BCUT2D eigenvalue weighted by Crippen LogP contribution is 2.66. The number of hydrogen-bond donors (Lipinski definition) is 6. The molecule has 184 valence electrons. The van der Waals surface area contributed by atoms with E-state index < -0.39 is 59.3 Å². The summed E-state index contributed by atoms with van der Waals surface area (Å²) in [7, 11) is -16.7. The Morgan fingerprint density at radius 1 is 1.19 bits per heavy atom. The van der Waals surface area contributed by atoms with Crippen LogP contribution in [0.25, 0.3) is 0 Å². The number of phosphoric ester groups is 1. The van der Waals surface area contributed by atoms with Gasteiger partial charge in [-0.25, -0.2) is 18.5 Å². The van der Waals surface area contributed by atoms with Crippen LogP contribution in [0.2, 0.25) is 0 Å². The van der Waals surface area contributed by atoms with Crippen molar-refractivity contribution in [3.8, 4) is 0 Å². The van der Waals surface area contributed by atoms with Crippen LogP contribution >= 0.6 is 23.5 Å². The number of aliphatic hydroxyl groups is 1. The van der Waals surface area contributed by atoms with Gasteiger partial charge in [0.2, 0.25) is 0 Å². The molecule has 0 bridgehead atoms. The summed E-state index contributed by atoms with van der Waals surface area (Å²) in [6.07, 6.45) is -3.20. The molecule has 3 unspecified atom stereocenters. The van der Waals surface area contributed by atoms with Crippen molar-refractivity contribution in [1.29, 1.82) is 0 Å². The van der Waals surface area contributed by atoms with Crippen LogP contribution in [0, 0.1) is 0 Å². The molecule has 1 aromatic heterocycles. The summed E-state index contributed by atoms with van der Waals surface area (Å²) in [6, 6.07) is 1.05. The lowest BCUT2D eigenvalue weighted by Gasteiger charge is -2.27. The summed E-state index contributed by atoms with van der Waals surface area (Å²) in [4.78, 5) is 61.5. The topological polar surface area (TPSA) is 244 Å². The van der Waals surface area contributed by atoms with Crippen molar-refractivity contribution < 1.29 is 56.3 Å². The highest BCUT2D eigenvalue weighted by molar-refractivity contribution is 7.66. The zero-order valence-corrected chi connectivity index (χ0v) is 19.2. The van der Waals surface area contributed by atoms with Crippen LogP contribution in [-0.2, 0) is 31.6 Å². The van der Waals surface area contributed by atoms with Gasteiger partial charge < -0.3 is 29.4 Å². The molecular formula is C13H23N2O14P3. The number of nitrogens with one attached hydrogen (secondary N) is 1. The monoisotopic (exact) mass is 524 g/mol. The summed E-state index contributed by atoms with van der Waals surface area (Å²) in [5.41, 5.74) is -1.48. The van der Waals surface area contributed by atoms with E-state index in [1.165, 1.54) is 0 Å². The Labute approximate surface area is 180 Å². The Balaban J connectivity index is 2.20. The summed E-state index contributed by atoms with van der Waals surface area (Å²) >= 11 is 0. The van der Waals surface area contributed by atoms with Gasteiger partial charge in [-0.15, -0.1) is 0 Å². The minimum atomic E-state index is -5.72. The first kappa shape index (κ1) is 27.3. The van der Waals surface area contributed by atoms with Crippen LogP contribution in [0.5, 0.6) is 0 Å². The van der Waals surface area contributed by atoms with Crippen molar-refractivity contribution in [2.24, 2.45) is 0 Å². The molecule has 0 spiro atoms. The fourth-order valence-electron chi connectivity index (χ4n) is 2.99. The van der Waals surface area contributed by atoms with Gasteiger partial charge in [-0.1, -0.05) is 19.8 Å². The molecule has 1 aliphatic rings. The molecule has 6 N–H and O–H groups in total. The number of aromatic amines is 1. The number of ether oxygens (including phenoxy) is 1. The van der Waals surface area contributed by atoms with E-state index in [-0.39, 0.29) is 12.8 Å². The Kier molecular flexibility index (Phi) is 8.96. The van der Waals surface area contributed by atoms with Gasteiger partial charge in [-0.3, -0.25) is 18.9 Å². The molecule has 19 heteroatoms. The Morgan fingerprint density at radius 3 is 2.41 bits per heavy atom. The highest BCUT2D eigenvalue weighted by Gasteiger charge is 2.46. The lowest BCUT2D eigenvalue weighted by Crippen LogP contribution is -2.36. The first-order valence-electron chi connectivity index (χ1n) is 9.09. The van der Waals surface area contributed by atoms with Crippen LogP contribution in [0.15, 0.2) is 21.9 Å². The van der Waals surface area contributed by atoms with Gasteiger partial charge >= 0.3 is 29.2 Å². The molecule has 1 fully saturated rings. The molecule has 0 aliphatic carbocycles. The van der Waals surface area contributed by atoms with Crippen LogP contribution < -0.4 is 11.2 Å². The van der Waals surface area contributed by atoms with Gasteiger partial charge in [0, 0.05) is 18.7 Å². The first-order chi connectivity index (χ1) is 14.6. The lowest BCUT2D eigenvalue weighted by molar-refractivity contribution is -0.0828. The lowest BCUT2D eigenvalue weighted by atomic mass is 10.0. The van der Waals surface area contributed by atoms with Crippen LogP contribution in [-0.4, -0.2) is 52.5 Å². The molecule has 0 saturated carbocycles. The van der Waals surface area contributed by atoms with Gasteiger partial charge in [-0.2, -0.15) is 8.62 Å². The molecular weight excluding hydrogens is 501 g/mol. The largest absolute Gasteiger partial charge is 0.490 e. The fourth-order valence-corrected chi connectivity index (χ4v) is 6.22. The summed E-state index contributed by atoms with van der Waals surface area (Å²) in [6.45, 7) is 1.77. The molecule has 0 aromatic carbocycles. The SMILES string of the molecule is CCCCC(OP(=O)(O)OP(=O)(O)OP(=O)(O)O)[C@H]1O[C@@H](n2ccc(=O)[nH]c2=O)C[C@@H]1O. The molecule has 32 heavy (non-hydrogen) atoms. The number of hydrogen-bond acceptors (Lipinski definition) is 10. The molecule has 0 radical (unpaired) electrons. The van der Waals surface area contributed by atoms with E-state index in [4.69, 9.17) is 19.0 Å². The third-order valence-corrected chi connectivity index (χ3v) is 8.06. The van der Waals surface area contributed by atoms with E-state index in [0.717, 1.165) is 16.8 Å². The van der Waals surface area contributed by atoms with Gasteiger partial charge in [0.1, 0.15) is 12.3 Å². The van der Waals surface area contributed by atoms with Crippen molar-refractivity contribution in [1.82, 2.24) is 9.55 Å². The summed E-state index contributed by atoms with van der Waals surface area (Å²) in [5, 5.41) is 10.4. The average Bonchev–Trinajstić information content (AvgIpc) is 2.96. The van der Waals surface area contributed by atoms with E-state index >= 15 is 0 Å². The predicted molar refractivity (Wildman–Crippen MR) is 104 cm³/mol. The maximum Gasteiger partial charge on any atom is 0.490 e. The van der Waals surface area contributed by atoms with Gasteiger partial charge in [0.05, 0.1) is 12.2 Å².